The van der Waals surface area contributed by atoms with E-state index in [0.717, 1.165) is 34.5 Å². The van der Waals surface area contributed by atoms with E-state index in [0.29, 0.717) is 29.0 Å². The normalized spacial score (nSPS) is 14.5. The standard InChI is InChI=1S/C30H27F3N6O2S2/c1-18(2)24-13-12-23(41-3)14-25(24)39-26(40)16-43-29(39)36-28(42)34-15-19-4-6-20(7-5-19)27-35-17-38(37-27)22-10-8-21(9-11-22)30(31,32)33/h4-14,17-18H,15-16H2,1-3H3,(H,34,42)/b36-29-. The van der Waals surface area contributed by atoms with Crippen molar-refractivity contribution in [2.75, 3.05) is 17.8 Å². The van der Waals surface area contributed by atoms with E-state index in [1.165, 1.54) is 34.9 Å². The first-order valence-corrected chi connectivity index (χ1v) is 14.6. The van der Waals surface area contributed by atoms with Crippen molar-refractivity contribution in [1.82, 2.24) is 20.1 Å². The highest BCUT2D eigenvalue weighted by atomic mass is 32.2. The van der Waals surface area contributed by atoms with Crippen molar-refractivity contribution in [2.45, 2.75) is 32.5 Å². The Hall–Kier alpha value is -4.23. The van der Waals surface area contributed by atoms with Gasteiger partial charge in [-0.2, -0.15) is 18.2 Å². The van der Waals surface area contributed by atoms with E-state index in [1.54, 1.807) is 12.0 Å². The Bertz CT molecular complexity index is 1670. The molecule has 8 nitrogen and oxygen atoms in total. The van der Waals surface area contributed by atoms with Crippen LogP contribution in [0.4, 0.5) is 18.9 Å². The number of thiocarbonyl (C=S) groups is 1. The second kappa shape index (κ2) is 12.6. The minimum atomic E-state index is -4.40. The summed E-state index contributed by atoms with van der Waals surface area (Å²) in [6.07, 6.45) is -2.95. The van der Waals surface area contributed by atoms with Gasteiger partial charge < -0.3 is 10.1 Å². The van der Waals surface area contributed by atoms with Crippen LogP contribution in [-0.2, 0) is 17.5 Å². The van der Waals surface area contributed by atoms with Crippen LogP contribution in [-0.4, -0.2) is 43.8 Å². The summed E-state index contributed by atoms with van der Waals surface area (Å²) in [6, 6.07) is 17.9. The number of carbonyl (C=O) groups is 1. The highest BCUT2D eigenvalue weighted by Crippen LogP contribution is 2.36. The number of aliphatic imine (C=N–C) groups is 1. The molecule has 0 radical (unpaired) electrons. The lowest BCUT2D eigenvalue weighted by atomic mass is 10.00. The van der Waals surface area contributed by atoms with E-state index in [4.69, 9.17) is 17.0 Å². The number of rotatable bonds is 7. The number of aromatic nitrogens is 3. The van der Waals surface area contributed by atoms with E-state index < -0.39 is 11.7 Å². The fraction of sp³-hybridized carbons (Fsp3) is 0.233. The van der Waals surface area contributed by atoms with Gasteiger partial charge in [0, 0.05) is 18.2 Å². The van der Waals surface area contributed by atoms with Crippen molar-refractivity contribution in [1.29, 1.82) is 0 Å². The average Bonchev–Trinajstić information content (AvgIpc) is 3.62. The first-order valence-electron chi connectivity index (χ1n) is 13.2. The molecule has 222 valence electrons. The van der Waals surface area contributed by atoms with Crippen molar-refractivity contribution in [3.8, 4) is 22.8 Å². The number of benzene rings is 3. The number of thioether (sulfide) groups is 1. The number of halogens is 3. The smallest absolute Gasteiger partial charge is 0.416 e. The highest BCUT2D eigenvalue weighted by Gasteiger charge is 2.32. The molecule has 0 unspecified atom stereocenters. The molecule has 0 spiro atoms. The lowest BCUT2D eigenvalue weighted by Gasteiger charge is -2.22. The van der Waals surface area contributed by atoms with E-state index in [2.05, 4.69) is 34.2 Å². The molecule has 0 saturated carbocycles. The molecule has 13 heteroatoms. The van der Waals surface area contributed by atoms with Gasteiger partial charge in [0.2, 0.25) is 5.91 Å². The molecule has 1 aromatic heterocycles. The van der Waals surface area contributed by atoms with Gasteiger partial charge in [0.15, 0.2) is 16.1 Å². The first-order chi connectivity index (χ1) is 20.5. The van der Waals surface area contributed by atoms with Crippen LogP contribution in [0.2, 0.25) is 0 Å². The molecule has 1 N–H and O–H groups in total. The molecule has 0 atom stereocenters. The van der Waals surface area contributed by atoms with E-state index in [-0.39, 0.29) is 22.7 Å². The number of alkyl halides is 3. The Balaban J connectivity index is 1.24. The van der Waals surface area contributed by atoms with E-state index in [9.17, 15) is 18.0 Å². The molecule has 1 saturated heterocycles. The van der Waals surface area contributed by atoms with E-state index in [1.807, 2.05) is 42.5 Å². The van der Waals surface area contributed by atoms with E-state index >= 15 is 0 Å². The lowest BCUT2D eigenvalue weighted by molar-refractivity contribution is -0.137. The van der Waals surface area contributed by atoms with Crippen LogP contribution in [0, 0.1) is 0 Å². The number of nitrogens with zero attached hydrogens (tertiary/aromatic N) is 5. The molecule has 3 aromatic carbocycles. The molecular formula is C30H27F3N6O2S2. The van der Waals surface area contributed by atoms with Crippen molar-refractivity contribution in [2.24, 2.45) is 4.99 Å². The first kappa shape index (κ1) is 30.2. The van der Waals surface area contributed by atoms with Gasteiger partial charge in [-0.05, 0) is 59.6 Å². The topological polar surface area (TPSA) is 84.6 Å². The van der Waals surface area contributed by atoms with Gasteiger partial charge in [0.25, 0.3) is 0 Å². The van der Waals surface area contributed by atoms with Gasteiger partial charge in [-0.3, -0.25) is 9.69 Å². The molecule has 43 heavy (non-hydrogen) atoms. The molecule has 0 aliphatic carbocycles. The second-order valence-corrected chi connectivity index (χ2v) is 11.2. The molecule has 1 aliphatic rings. The van der Waals surface area contributed by atoms with Crippen LogP contribution < -0.4 is 15.0 Å². The van der Waals surface area contributed by atoms with Crippen LogP contribution in [0.3, 0.4) is 0 Å². The number of hydrogen-bond acceptors (Lipinski definition) is 6. The summed E-state index contributed by atoms with van der Waals surface area (Å²) in [6.45, 7) is 4.53. The Labute approximate surface area is 256 Å². The molecule has 4 aromatic rings. The van der Waals surface area contributed by atoms with Gasteiger partial charge in [-0.15, -0.1) is 5.10 Å². The SMILES string of the molecule is COc1ccc(C(C)C)c(N2C(=O)CS/C2=N\C(=S)NCc2ccc(-c3ncn(-c4ccc(C(F)(F)F)cc4)n3)cc2)c1. The maximum Gasteiger partial charge on any atom is 0.416 e. The number of hydrogen-bond donors (Lipinski definition) is 1. The molecule has 1 aliphatic heterocycles. The third-order valence-electron chi connectivity index (χ3n) is 6.67. The maximum absolute atomic E-state index is 12.9. The largest absolute Gasteiger partial charge is 0.497 e. The fourth-order valence-corrected chi connectivity index (χ4v) is 5.50. The molecular weight excluding hydrogens is 597 g/mol. The van der Waals surface area contributed by atoms with Crippen LogP contribution in [0.5, 0.6) is 5.75 Å². The lowest BCUT2D eigenvalue weighted by Crippen LogP contribution is -2.32. The molecule has 1 fully saturated rings. The fourth-order valence-electron chi connectivity index (χ4n) is 4.41. The summed E-state index contributed by atoms with van der Waals surface area (Å²) in [7, 11) is 1.59. The Morgan fingerprint density at radius 3 is 2.49 bits per heavy atom. The number of amidine groups is 1. The van der Waals surface area contributed by atoms with Crippen LogP contribution in [0.25, 0.3) is 17.1 Å². The van der Waals surface area contributed by atoms with Crippen molar-refractivity contribution >= 4 is 45.9 Å². The third-order valence-corrected chi connectivity index (χ3v) is 7.83. The summed E-state index contributed by atoms with van der Waals surface area (Å²) in [5.41, 5.74) is 3.15. The number of ether oxygens (including phenoxy) is 1. The zero-order valence-corrected chi connectivity index (χ0v) is 25.1. The van der Waals surface area contributed by atoms with Gasteiger partial charge >= 0.3 is 6.18 Å². The summed E-state index contributed by atoms with van der Waals surface area (Å²) in [5, 5.41) is 8.27. The molecule has 5 rings (SSSR count). The summed E-state index contributed by atoms with van der Waals surface area (Å²) >= 11 is 6.82. The predicted molar refractivity (Wildman–Crippen MR) is 166 cm³/mol. The Morgan fingerprint density at radius 1 is 1.12 bits per heavy atom. The Morgan fingerprint density at radius 2 is 1.84 bits per heavy atom. The van der Waals surface area contributed by atoms with Crippen molar-refractivity contribution < 1.29 is 22.7 Å². The quantitative estimate of drug-likeness (QED) is 0.232. The monoisotopic (exact) mass is 624 g/mol. The van der Waals surface area contributed by atoms with Gasteiger partial charge in [-0.1, -0.05) is 55.9 Å². The summed E-state index contributed by atoms with van der Waals surface area (Å²) < 4.78 is 45.4. The second-order valence-electron chi connectivity index (χ2n) is 9.90. The zero-order valence-electron chi connectivity index (χ0n) is 23.4. The molecule has 2 heterocycles. The zero-order chi connectivity index (χ0) is 30.7. The molecule has 0 bridgehead atoms. The maximum atomic E-state index is 12.9. The van der Waals surface area contributed by atoms with Crippen molar-refractivity contribution in [3.05, 3.63) is 89.7 Å². The number of carbonyl (C=O) groups excluding carboxylic acids is 1. The number of nitrogens with one attached hydrogen (secondary N) is 1. The van der Waals surface area contributed by atoms with Gasteiger partial charge in [-0.25, -0.2) is 9.67 Å². The van der Waals surface area contributed by atoms with Crippen LogP contribution in [0.15, 0.2) is 78.0 Å². The van der Waals surface area contributed by atoms with Gasteiger partial charge in [0.1, 0.15) is 12.1 Å². The summed E-state index contributed by atoms with van der Waals surface area (Å²) in [5.74, 6) is 1.45. The van der Waals surface area contributed by atoms with Crippen LogP contribution >= 0.6 is 24.0 Å². The van der Waals surface area contributed by atoms with Crippen molar-refractivity contribution in [3.63, 3.8) is 0 Å². The minimum Gasteiger partial charge on any atom is -0.497 e. The van der Waals surface area contributed by atoms with Gasteiger partial charge in [0.05, 0.1) is 29.8 Å². The highest BCUT2D eigenvalue weighted by molar-refractivity contribution is 8.15. The molecule has 1 amide bonds. The Kier molecular flexibility index (Phi) is 8.83. The average molecular weight is 625 g/mol. The number of amides is 1. The number of anilines is 1. The minimum absolute atomic E-state index is 0.0772. The van der Waals surface area contributed by atoms with Crippen LogP contribution in [0.1, 0.15) is 36.5 Å². The summed E-state index contributed by atoms with van der Waals surface area (Å²) in [4.78, 5) is 23.3. The predicted octanol–water partition coefficient (Wildman–Crippen LogP) is 6.60. The third kappa shape index (κ3) is 6.89. The number of methoxy groups -OCH3 is 1.